The molecular formula is C15H13BrF2N2O. The number of aryl methyl sites for hydroxylation is 1. The lowest BCUT2D eigenvalue weighted by Crippen LogP contribution is -2.21. The molecule has 2 N–H and O–H groups in total. The third-order valence-electron chi connectivity index (χ3n) is 2.81. The van der Waals surface area contributed by atoms with Gasteiger partial charge in [0.2, 0.25) is 5.91 Å². The van der Waals surface area contributed by atoms with Crippen LogP contribution in [0.4, 0.5) is 20.2 Å². The van der Waals surface area contributed by atoms with E-state index in [2.05, 4.69) is 26.6 Å². The summed E-state index contributed by atoms with van der Waals surface area (Å²) in [5.74, 6) is -2.29. The quantitative estimate of drug-likeness (QED) is 0.868. The van der Waals surface area contributed by atoms with Crippen molar-refractivity contribution in [3.63, 3.8) is 0 Å². The molecule has 3 nitrogen and oxygen atoms in total. The Morgan fingerprint density at radius 2 is 1.81 bits per heavy atom. The Hall–Kier alpha value is -1.95. The molecule has 0 atom stereocenters. The zero-order chi connectivity index (χ0) is 15.4. The molecule has 0 spiro atoms. The number of hydrogen-bond donors (Lipinski definition) is 2. The number of nitrogens with one attached hydrogen (secondary N) is 2. The Morgan fingerprint density at radius 3 is 2.48 bits per heavy atom. The molecule has 0 bridgehead atoms. The Labute approximate surface area is 129 Å². The fraction of sp³-hybridized carbons (Fsp3) is 0.133. The average Bonchev–Trinajstić information content (AvgIpc) is 2.44. The lowest BCUT2D eigenvalue weighted by atomic mass is 10.2. The number of amides is 1. The van der Waals surface area contributed by atoms with Gasteiger partial charge in [0.05, 0.1) is 6.54 Å². The summed E-state index contributed by atoms with van der Waals surface area (Å²) in [4.78, 5) is 11.7. The van der Waals surface area contributed by atoms with E-state index in [0.717, 1.165) is 27.9 Å². The zero-order valence-electron chi connectivity index (χ0n) is 11.2. The molecule has 0 unspecified atom stereocenters. The van der Waals surface area contributed by atoms with Crippen LogP contribution in [0, 0.1) is 18.6 Å². The molecule has 0 saturated heterocycles. The zero-order valence-corrected chi connectivity index (χ0v) is 12.8. The van der Waals surface area contributed by atoms with Crippen molar-refractivity contribution in [3.05, 3.63) is 58.1 Å². The van der Waals surface area contributed by atoms with Crippen molar-refractivity contribution in [1.29, 1.82) is 0 Å². The van der Waals surface area contributed by atoms with E-state index in [1.165, 1.54) is 6.07 Å². The number of benzene rings is 2. The minimum atomic E-state index is -0.996. The largest absolute Gasteiger partial charge is 0.376 e. The molecule has 1 amide bonds. The molecule has 2 aromatic carbocycles. The summed E-state index contributed by atoms with van der Waals surface area (Å²) in [5, 5.41) is 5.45. The number of rotatable bonds is 4. The van der Waals surface area contributed by atoms with Crippen molar-refractivity contribution in [3.8, 4) is 0 Å². The Morgan fingerprint density at radius 1 is 1.10 bits per heavy atom. The van der Waals surface area contributed by atoms with Crippen LogP contribution in [0.25, 0.3) is 0 Å². The fourth-order valence-corrected chi connectivity index (χ4v) is 1.96. The monoisotopic (exact) mass is 354 g/mol. The van der Waals surface area contributed by atoms with Crippen molar-refractivity contribution in [2.75, 3.05) is 17.2 Å². The molecule has 2 aromatic rings. The van der Waals surface area contributed by atoms with E-state index >= 15 is 0 Å². The number of halogens is 3. The Balaban J connectivity index is 1.92. The number of hydrogen-bond acceptors (Lipinski definition) is 2. The van der Waals surface area contributed by atoms with Crippen LogP contribution in [0.5, 0.6) is 0 Å². The van der Waals surface area contributed by atoms with Crippen LogP contribution in [0.2, 0.25) is 0 Å². The van der Waals surface area contributed by atoms with Gasteiger partial charge in [-0.05, 0) is 42.8 Å². The van der Waals surface area contributed by atoms with Crippen LogP contribution in [-0.2, 0) is 4.79 Å². The first-order valence-corrected chi connectivity index (χ1v) is 7.00. The second-order valence-corrected chi connectivity index (χ2v) is 5.35. The summed E-state index contributed by atoms with van der Waals surface area (Å²) in [7, 11) is 0. The van der Waals surface area contributed by atoms with Crippen LogP contribution >= 0.6 is 15.9 Å². The maximum absolute atomic E-state index is 13.0. The molecule has 0 fully saturated rings. The summed E-state index contributed by atoms with van der Waals surface area (Å²) < 4.78 is 26.8. The van der Waals surface area contributed by atoms with Gasteiger partial charge in [-0.3, -0.25) is 4.79 Å². The molecule has 110 valence electrons. The van der Waals surface area contributed by atoms with E-state index in [1.54, 1.807) is 0 Å². The Kier molecular flexibility index (Phi) is 4.90. The first kappa shape index (κ1) is 15.4. The van der Waals surface area contributed by atoms with Crippen molar-refractivity contribution >= 4 is 33.2 Å². The highest BCUT2D eigenvalue weighted by Crippen LogP contribution is 2.20. The first-order chi connectivity index (χ1) is 9.95. The highest BCUT2D eigenvalue weighted by molar-refractivity contribution is 9.10. The van der Waals surface area contributed by atoms with Crippen LogP contribution < -0.4 is 10.6 Å². The van der Waals surface area contributed by atoms with Gasteiger partial charge in [-0.25, -0.2) is 8.78 Å². The van der Waals surface area contributed by atoms with Gasteiger partial charge in [-0.1, -0.05) is 15.9 Å². The topological polar surface area (TPSA) is 41.1 Å². The van der Waals surface area contributed by atoms with Gasteiger partial charge in [-0.2, -0.15) is 0 Å². The SMILES string of the molecule is Cc1cc(NCC(=O)Nc2ccc(F)c(F)c2)ccc1Br. The normalized spacial score (nSPS) is 10.3. The van der Waals surface area contributed by atoms with E-state index in [9.17, 15) is 13.6 Å². The predicted octanol–water partition coefficient (Wildman–Crippen LogP) is 4.09. The van der Waals surface area contributed by atoms with Crippen LogP contribution in [0.3, 0.4) is 0 Å². The highest BCUT2D eigenvalue weighted by atomic mass is 79.9. The second-order valence-electron chi connectivity index (χ2n) is 4.49. The van der Waals surface area contributed by atoms with Gasteiger partial charge in [0.25, 0.3) is 0 Å². The number of carbonyl (C=O) groups excluding carboxylic acids is 1. The number of carbonyl (C=O) groups is 1. The third-order valence-corrected chi connectivity index (χ3v) is 3.70. The molecule has 0 aliphatic heterocycles. The van der Waals surface area contributed by atoms with Crippen LogP contribution in [0.15, 0.2) is 40.9 Å². The molecule has 2 rings (SSSR count). The van der Waals surface area contributed by atoms with E-state index < -0.39 is 11.6 Å². The maximum Gasteiger partial charge on any atom is 0.243 e. The molecule has 0 aliphatic rings. The van der Waals surface area contributed by atoms with Crippen molar-refractivity contribution in [1.82, 2.24) is 0 Å². The second kappa shape index (κ2) is 6.67. The highest BCUT2D eigenvalue weighted by Gasteiger charge is 2.06. The summed E-state index contributed by atoms with van der Waals surface area (Å²) in [6, 6.07) is 8.83. The lowest BCUT2D eigenvalue weighted by molar-refractivity contribution is -0.114. The van der Waals surface area contributed by atoms with Gasteiger partial charge in [-0.15, -0.1) is 0 Å². The van der Waals surface area contributed by atoms with Crippen molar-refractivity contribution in [2.24, 2.45) is 0 Å². The maximum atomic E-state index is 13.0. The smallest absolute Gasteiger partial charge is 0.243 e. The summed E-state index contributed by atoms with van der Waals surface area (Å²) in [5.41, 5.74) is 2.06. The summed E-state index contributed by atoms with van der Waals surface area (Å²) >= 11 is 3.39. The first-order valence-electron chi connectivity index (χ1n) is 6.20. The molecule has 0 aliphatic carbocycles. The van der Waals surface area contributed by atoms with E-state index in [4.69, 9.17) is 0 Å². The van der Waals surface area contributed by atoms with Crippen molar-refractivity contribution in [2.45, 2.75) is 6.92 Å². The molecule has 0 saturated carbocycles. The fourth-order valence-electron chi connectivity index (χ4n) is 1.72. The minimum absolute atomic E-state index is 0.0278. The van der Waals surface area contributed by atoms with Crippen LogP contribution in [0.1, 0.15) is 5.56 Å². The summed E-state index contributed by atoms with van der Waals surface area (Å²) in [6.07, 6.45) is 0. The van der Waals surface area contributed by atoms with E-state index in [0.29, 0.717) is 0 Å². The van der Waals surface area contributed by atoms with E-state index in [-0.39, 0.29) is 18.1 Å². The number of anilines is 2. The molecule has 0 heterocycles. The molecule has 21 heavy (non-hydrogen) atoms. The third kappa shape index (κ3) is 4.26. The standard InChI is InChI=1S/C15H13BrF2N2O/c1-9-6-10(2-4-12(9)16)19-8-15(21)20-11-3-5-13(17)14(18)7-11/h2-7,19H,8H2,1H3,(H,20,21). The van der Waals surface area contributed by atoms with Crippen LogP contribution in [-0.4, -0.2) is 12.5 Å². The minimum Gasteiger partial charge on any atom is -0.376 e. The van der Waals surface area contributed by atoms with Crippen molar-refractivity contribution < 1.29 is 13.6 Å². The average molecular weight is 355 g/mol. The van der Waals surface area contributed by atoms with E-state index in [1.807, 2.05) is 25.1 Å². The Bertz CT molecular complexity index is 677. The molecule has 0 aromatic heterocycles. The molecule has 0 radical (unpaired) electrons. The molecule has 6 heteroatoms. The van der Waals surface area contributed by atoms with Gasteiger partial charge >= 0.3 is 0 Å². The summed E-state index contributed by atoms with van der Waals surface area (Å²) in [6.45, 7) is 1.97. The predicted molar refractivity (Wildman–Crippen MR) is 82.4 cm³/mol. The molecular weight excluding hydrogens is 342 g/mol. The van der Waals surface area contributed by atoms with Gasteiger partial charge in [0.1, 0.15) is 0 Å². The van der Waals surface area contributed by atoms with Gasteiger partial charge < -0.3 is 10.6 Å². The van der Waals surface area contributed by atoms with Gasteiger partial charge in [0, 0.05) is 21.9 Å². The lowest BCUT2D eigenvalue weighted by Gasteiger charge is -2.09. The van der Waals surface area contributed by atoms with Gasteiger partial charge in [0.15, 0.2) is 11.6 Å².